The lowest BCUT2D eigenvalue weighted by atomic mass is 9.93. The van der Waals surface area contributed by atoms with Crippen LogP contribution in [0, 0.1) is 6.92 Å². The Hall–Kier alpha value is -1.84. The Bertz CT molecular complexity index is 666. The number of benzene rings is 2. The zero-order valence-corrected chi connectivity index (χ0v) is 13.4. The third kappa shape index (κ3) is 2.87. The van der Waals surface area contributed by atoms with Gasteiger partial charge in [0.15, 0.2) is 0 Å². The summed E-state index contributed by atoms with van der Waals surface area (Å²) >= 11 is 5.97. The highest BCUT2D eigenvalue weighted by Crippen LogP contribution is 2.39. The lowest BCUT2D eigenvalue weighted by molar-refractivity contribution is -0.155. The molecule has 22 heavy (non-hydrogen) atoms. The maximum Gasteiger partial charge on any atom is 0.248 e. The van der Waals surface area contributed by atoms with Crippen LogP contribution in [0.4, 0.5) is 0 Å². The van der Waals surface area contributed by atoms with Gasteiger partial charge in [0.25, 0.3) is 0 Å². The van der Waals surface area contributed by atoms with Crippen molar-refractivity contribution in [3.63, 3.8) is 0 Å². The molecular weight excluding hydrogens is 298 g/mol. The molecule has 0 bridgehead atoms. The average molecular weight is 316 g/mol. The van der Waals surface area contributed by atoms with Crippen molar-refractivity contribution in [3.05, 3.63) is 70.2 Å². The predicted octanol–water partition coefficient (Wildman–Crippen LogP) is 3.92. The van der Waals surface area contributed by atoms with Gasteiger partial charge in [-0.25, -0.2) is 0 Å². The smallest absolute Gasteiger partial charge is 0.248 e. The second kappa shape index (κ2) is 6.11. The van der Waals surface area contributed by atoms with Crippen LogP contribution in [0.1, 0.15) is 28.8 Å². The van der Waals surface area contributed by atoms with Gasteiger partial charge in [0.05, 0.1) is 6.04 Å². The number of ether oxygens (including phenoxy) is 1. The molecule has 2 atom stereocenters. The van der Waals surface area contributed by atoms with Gasteiger partial charge >= 0.3 is 0 Å². The summed E-state index contributed by atoms with van der Waals surface area (Å²) in [7, 11) is 1.82. The molecule has 0 aromatic heterocycles. The van der Waals surface area contributed by atoms with Crippen molar-refractivity contribution in [1.29, 1.82) is 0 Å². The molecule has 3 nitrogen and oxygen atoms in total. The average Bonchev–Trinajstić information content (AvgIpc) is 2.52. The minimum Gasteiger partial charge on any atom is -0.361 e. The molecule has 0 aliphatic carbocycles. The van der Waals surface area contributed by atoms with E-state index in [1.165, 1.54) is 5.56 Å². The normalized spacial score (nSPS) is 22.0. The van der Waals surface area contributed by atoms with Crippen molar-refractivity contribution in [1.82, 2.24) is 4.90 Å². The number of nitrogens with zero attached hydrogens (tertiary/aromatic N) is 1. The van der Waals surface area contributed by atoms with Crippen LogP contribution >= 0.6 is 11.6 Å². The van der Waals surface area contributed by atoms with Crippen molar-refractivity contribution < 1.29 is 9.53 Å². The SMILES string of the molecule is Cc1ccc(C2OCC(=O)N(C)C2c2ccc(Cl)cc2)cc1. The third-order valence-electron chi connectivity index (χ3n) is 4.10. The summed E-state index contributed by atoms with van der Waals surface area (Å²) in [5, 5.41) is 0.682. The van der Waals surface area contributed by atoms with Crippen LogP contribution in [0.25, 0.3) is 0 Å². The number of hydrogen-bond donors (Lipinski definition) is 0. The zero-order chi connectivity index (χ0) is 15.7. The number of halogens is 1. The topological polar surface area (TPSA) is 29.5 Å². The van der Waals surface area contributed by atoms with Gasteiger partial charge in [0, 0.05) is 12.1 Å². The molecule has 4 heteroatoms. The molecule has 1 aliphatic rings. The molecule has 1 aliphatic heterocycles. The minimum absolute atomic E-state index is 0.0108. The lowest BCUT2D eigenvalue weighted by Crippen LogP contribution is -2.43. The predicted molar refractivity (Wildman–Crippen MR) is 86.8 cm³/mol. The largest absolute Gasteiger partial charge is 0.361 e. The summed E-state index contributed by atoms with van der Waals surface area (Å²) < 4.78 is 5.86. The summed E-state index contributed by atoms with van der Waals surface area (Å²) in [5.41, 5.74) is 3.29. The Balaban J connectivity index is 2.00. The van der Waals surface area contributed by atoms with E-state index >= 15 is 0 Å². The molecule has 3 rings (SSSR count). The van der Waals surface area contributed by atoms with E-state index in [2.05, 4.69) is 31.2 Å². The summed E-state index contributed by atoms with van der Waals surface area (Å²) in [4.78, 5) is 13.8. The van der Waals surface area contributed by atoms with E-state index in [9.17, 15) is 4.79 Å². The third-order valence-corrected chi connectivity index (χ3v) is 4.35. The van der Waals surface area contributed by atoms with Gasteiger partial charge in [0.2, 0.25) is 5.91 Å². The van der Waals surface area contributed by atoms with Gasteiger partial charge in [-0.3, -0.25) is 4.79 Å². The Labute approximate surface area is 135 Å². The van der Waals surface area contributed by atoms with Crippen molar-refractivity contribution in [2.24, 2.45) is 0 Å². The summed E-state index contributed by atoms with van der Waals surface area (Å²) in [6, 6.07) is 15.7. The molecule has 0 saturated carbocycles. The van der Waals surface area contributed by atoms with Crippen LogP contribution in [0.5, 0.6) is 0 Å². The van der Waals surface area contributed by atoms with E-state index in [-0.39, 0.29) is 24.7 Å². The van der Waals surface area contributed by atoms with Crippen molar-refractivity contribution in [3.8, 4) is 0 Å². The quantitative estimate of drug-likeness (QED) is 0.840. The molecule has 1 heterocycles. The van der Waals surface area contributed by atoms with Crippen molar-refractivity contribution >= 4 is 17.5 Å². The monoisotopic (exact) mass is 315 g/mol. The number of morpholine rings is 1. The van der Waals surface area contributed by atoms with Crippen molar-refractivity contribution in [2.45, 2.75) is 19.1 Å². The van der Waals surface area contributed by atoms with Gasteiger partial charge in [-0.1, -0.05) is 53.6 Å². The van der Waals surface area contributed by atoms with Gasteiger partial charge in [-0.2, -0.15) is 0 Å². The Morgan fingerprint density at radius 2 is 1.64 bits per heavy atom. The fourth-order valence-corrected chi connectivity index (χ4v) is 2.93. The van der Waals surface area contributed by atoms with Crippen LogP contribution in [-0.2, 0) is 9.53 Å². The number of carbonyl (C=O) groups excluding carboxylic acids is 1. The van der Waals surface area contributed by atoms with E-state index in [1.807, 2.05) is 31.3 Å². The highest BCUT2D eigenvalue weighted by Gasteiger charge is 2.36. The first-order valence-electron chi connectivity index (χ1n) is 7.25. The molecule has 0 N–H and O–H groups in total. The number of aryl methyl sites for hydroxylation is 1. The molecule has 0 radical (unpaired) electrons. The molecule has 1 saturated heterocycles. The highest BCUT2D eigenvalue weighted by atomic mass is 35.5. The van der Waals surface area contributed by atoms with Crippen molar-refractivity contribution in [2.75, 3.05) is 13.7 Å². The molecule has 1 amide bonds. The fourth-order valence-electron chi connectivity index (χ4n) is 2.81. The number of likely N-dealkylation sites (N-methyl/N-ethyl adjacent to an activating group) is 1. The van der Waals surface area contributed by atoms with Gasteiger partial charge in [-0.05, 0) is 30.2 Å². The fraction of sp³-hybridized carbons (Fsp3) is 0.278. The molecule has 2 aromatic carbocycles. The molecule has 114 valence electrons. The minimum atomic E-state index is -0.176. The molecule has 1 fully saturated rings. The van der Waals surface area contributed by atoms with E-state index in [1.54, 1.807) is 4.90 Å². The Morgan fingerprint density at radius 1 is 1.05 bits per heavy atom. The van der Waals surface area contributed by atoms with Crippen LogP contribution in [0.2, 0.25) is 5.02 Å². The van der Waals surface area contributed by atoms with Crippen LogP contribution in [0.15, 0.2) is 48.5 Å². The molecule has 0 spiro atoms. The number of carbonyl (C=O) groups is 1. The summed E-state index contributed by atoms with van der Waals surface area (Å²) in [6.45, 7) is 2.16. The molecular formula is C18H18ClNO2. The van der Waals surface area contributed by atoms with E-state index in [4.69, 9.17) is 16.3 Å². The Morgan fingerprint density at radius 3 is 2.27 bits per heavy atom. The first-order valence-corrected chi connectivity index (χ1v) is 7.63. The van der Waals surface area contributed by atoms with Gasteiger partial charge < -0.3 is 9.64 Å². The lowest BCUT2D eigenvalue weighted by Gasteiger charge is -2.39. The summed E-state index contributed by atoms with van der Waals surface area (Å²) in [6.07, 6.45) is -0.176. The number of hydrogen-bond acceptors (Lipinski definition) is 2. The standard InChI is InChI=1S/C18H18ClNO2/c1-12-3-5-14(6-4-12)18-17(20(2)16(21)11-22-18)13-7-9-15(19)10-8-13/h3-10,17-18H,11H2,1-2H3. The van der Waals surface area contributed by atoms with E-state index < -0.39 is 0 Å². The molecule has 2 aromatic rings. The second-order valence-electron chi connectivity index (χ2n) is 5.64. The maximum absolute atomic E-state index is 12.1. The maximum atomic E-state index is 12.1. The molecule has 2 unspecified atom stereocenters. The van der Waals surface area contributed by atoms with Crippen LogP contribution in [-0.4, -0.2) is 24.5 Å². The first-order chi connectivity index (χ1) is 10.6. The van der Waals surface area contributed by atoms with Gasteiger partial charge in [-0.15, -0.1) is 0 Å². The first kappa shape index (κ1) is 15.1. The van der Waals surface area contributed by atoms with E-state index in [0.29, 0.717) is 5.02 Å². The summed E-state index contributed by atoms with van der Waals surface area (Å²) in [5.74, 6) is -0.0108. The number of amides is 1. The highest BCUT2D eigenvalue weighted by molar-refractivity contribution is 6.30. The van der Waals surface area contributed by atoms with Crippen LogP contribution < -0.4 is 0 Å². The Kier molecular flexibility index (Phi) is 4.19. The zero-order valence-electron chi connectivity index (χ0n) is 12.6. The van der Waals surface area contributed by atoms with Gasteiger partial charge in [0.1, 0.15) is 12.7 Å². The van der Waals surface area contributed by atoms with Crippen LogP contribution in [0.3, 0.4) is 0 Å². The number of rotatable bonds is 2. The van der Waals surface area contributed by atoms with E-state index in [0.717, 1.165) is 11.1 Å². The second-order valence-corrected chi connectivity index (χ2v) is 6.08.